The molecular formula is C13H11ClN2O5S. The zero-order chi connectivity index (χ0) is 16.3. The maximum atomic E-state index is 11.2. The monoisotopic (exact) mass is 342 g/mol. The van der Waals surface area contributed by atoms with E-state index in [-0.39, 0.29) is 27.6 Å². The van der Waals surface area contributed by atoms with E-state index in [1.165, 1.54) is 30.3 Å². The van der Waals surface area contributed by atoms with Gasteiger partial charge in [0.05, 0.1) is 22.6 Å². The van der Waals surface area contributed by atoms with E-state index in [1.807, 2.05) is 4.72 Å². The Kier molecular flexibility index (Phi) is 4.55. The molecule has 0 amide bonds. The van der Waals surface area contributed by atoms with Crippen molar-refractivity contribution < 1.29 is 22.9 Å². The fourth-order valence-electron chi connectivity index (χ4n) is 1.77. The minimum Gasteiger partial charge on any atom is -0.478 e. The first kappa shape index (κ1) is 16.1. The van der Waals surface area contributed by atoms with Gasteiger partial charge >= 0.3 is 16.3 Å². The molecule has 0 heterocycles. The van der Waals surface area contributed by atoms with Crippen LogP contribution in [0.5, 0.6) is 0 Å². The Morgan fingerprint density at radius 2 is 1.73 bits per heavy atom. The van der Waals surface area contributed by atoms with Crippen molar-refractivity contribution in [3.63, 3.8) is 0 Å². The van der Waals surface area contributed by atoms with Crippen molar-refractivity contribution in [1.82, 2.24) is 0 Å². The lowest BCUT2D eigenvalue weighted by molar-refractivity contribution is 0.0698. The van der Waals surface area contributed by atoms with Crippen LogP contribution in [0.4, 0.5) is 17.1 Å². The normalized spacial score (nSPS) is 11.0. The molecule has 22 heavy (non-hydrogen) atoms. The molecule has 7 nitrogen and oxygen atoms in total. The van der Waals surface area contributed by atoms with Gasteiger partial charge in [0.15, 0.2) is 0 Å². The molecule has 0 aromatic heterocycles. The van der Waals surface area contributed by atoms with Crippen LogP contribution in [0.2, 0.25) is 5.02 Å². The van der Waals surface area contributed by atoms with Gasteiger partial charge in [-0.3, -0.25) is 9.27 Å². The second-order valence-electron chi connectivity index (χ2n) is 4.24. The van der Waals surface area contributed by atoms with Gasteiger partial charge in [-0.25, -0.2) is 4.79 Å². The Morgan fingerprint density at radius 3 is 2.36 bits per heavy atom. The molecule has 116 valence electrons. The quantitative estimate of drug-likeness (QED) is 0.621. The molecule has 0 aliphatic heterocycles. The van der Waals surface area contributed by atoms with Crippen molar-refractivity contribution in [1.29, 1.82) is 0 Å². The molecule has 0 saturated heterocycles. The fraction of sp³-hybridized carbons (Fsp3) is 0. The van der Waals surface area contributed by atoms with Gasteiger partial charge in [0.25, 0.3) is 0 Å². The summed E-state index contributed by atoms with van der Waals surface area (Å²) in [5.74, 6) is -1.14. The molecule has 4 N–H and O–H groups in total. The molecule has 2 aromatic carbocycles. The van der Waals surface area contributed by atoms with E-state index < -0.39 is 16.3 Å². The summed E-state index contributed by atoms with van der Waals surface area (Å²) in [4.78, 5) is 11.2. The third kappa shape index (κ3) is 4.10. The number of anilines is 3. The van der Waals surface area contributed by atoms with Crippen LogP contribution in [-0.2, 0) is 10.3 Å². The number of carboxylic acid groups (broad SMARTS) is 1. The lowest BCUT2D eigenvalue weighted by Gasteiger charge is -2.14. The van der Waals surface area contributed by atoms with Crippen LogP contribution < -0.4 is 10.0 Å². The summed E-state index contributed by atoms with van der Waals surface area (Å²) < 4.78 is 32.7. The van der Waals surface area contributed by atoms with Gasteiger partial charge < -0.3 is 10.4 Å². The van der Waals surface area contributed by atoms with Gasteiger partial charge in [-0.05, 0) is 30.3 Å². The first-order valence-electron chi connectivity index (χ1n) is 5.90. The number of benzene rings is 2. The number of rotatable bonds is 5. The first-order chi connectivity index (χ1) is 10.3. The smallest absolute Gasteiger partial charge is 0.357 e. The second kappa shape index (κ2) is 6.22. The van der Waals surface area contributed by atoms with E-state index in [1.54, 1.807) is 12.1 Å². The third-order valence-electron chi connectivity index (χ3n) is 2.65. The number of nitrogens with one attached hydrogen (secondary N) is 2. The number of para-hydroxylation sites is 1. The lowest BCUT2D eigenvalue weighted by Crippen LogP contribution is -2.12. The van der Waals surface area contributed by atoms with E-state index in [9.17, 15) is 13.2 Å². The van der Waals surface area contributed by atoms with Crippen molar-refractivity contribution in [3.8, 4) is 0 Å². The van der Waals surface area contributed by atoms with Gasteiger partial charge in [0.1, 0.15) is 0 Å². The van der Waals surface area contributed by atoms with Crippen molar-refractivity contribution in [2.45, 2.75) is 0 Å². The summed E-state index contributed by atoms with van der Waals surface area (Å²) in [6.45, 7) is 0. The molecule has 0 radical (unpaired) electrons. The highest BCUT2D eigenvalue weighted by Gasteiger charge is 2.13. The standard InChI is InChI=1S/C13H11ClN2O5S/c14-8-5-6-11(12(7-8)16-22(19,20)21)15-10-4-2-1-3-9(10)13(17)18/h1-7,15-16H,(H,17,18)(H,19,20,21). The summed E-state index contributed by atoms with van der Waals surface area (Å²) >= 11 is 5.79. The van der Waals surface area contributed by atoms with Gasteiger partial charge in [-0.2, -0.15) is 8.42 Å². The van der Waals surface area contributed by atoms with Crippen LogP contribution in [0.3, 0.4) is 0 Å². The molecule has 0 aliphatic rings. The zero-order valence-electron chi connectivity index (χ0n) is 10.9. The number of carboxylic acids is 1. The molecule has 0 saturated carbocycles. The van der Waals surface area contributed by atoms with Gasteiger partial charge in [0.2, 0.25) is 0 Å². The molecule has 0 fully saturated rings. The molecule has 0 atom stereocenters. The summed E-state index contributed by atoms with van der Waals surface area (Å²) in [7, 11) is -4.50. The maximum absolute atomic E-state index is 11.2. The molecule has 0 bridgehead atoms. The van der Waals surface area contributed by atoms with Crippen molar-refractivity contribution in [2.24, 2.45) is 0 Å². The number of hydrogen-bond acceptors (Lipinski definition) is 4. The Balaban J connectivity index is 2.44. The number of carbonyl (C=O) groups is 1. The van der Waals surface area contributed by atoms with E-state index >= 15 is 0 Å². The maximum Gasteiger partial charge on any atom is 0.357 e. The number of aromatic carboxylic acids is 1. The Hall–Kier alpha value is -2.29. The van der Waals surface area contributed by atoms with Crippen LogP contribution in [0.1, 0.15) is 10.4 Å². The minimum atomic E-state index is -4.50. The van der Waals surface area contributed by atoms with Crippen molar-refractivity contribution in [3.05, 3.63) is 53.1 Å². The molecular weight excluding hydrogens is 332 g/mol. The van der Waals surface area contributed by atoms with E-state index in [4.69, 9.17) is 21.3 Å². The van der Waals surface area contributed by atoms with Gasteiger partial charge in [-0.15, -0.1) is 0 Å². The van der Waals surface area contributed by atoms with E-state index in [0.29, 0.717) is 0 Å². The summed E-state index contributed by atoms with van der Waals surface area (Å²) in [6, 6.07) is 10.3. The predicted octanol–water partition coefficient (Wildman–Crippen LogP) is 3.00. The van der Waals surface area contributed by atoms with Crippen molar-refractivity contribution >= 4 is 44.9 Å². The fourth-order valence-corrected chi connectivity index (χ4v) is 2.39. The topological polar surface area (TPSA) is 116 Å². The average Bonchev–Trinajstić information content (AvgIpc) is 2.40. The minimum absolute atomic E-state index is 0.00950. The summed E-state index contributed by atoms with van der Waals surface area (Å²) in [5.41, 5.74) is 0.483. The van der Waals surface area contributed by atoms with Crippen molar-refractivity contribution in [2.75, 3.05) is 10.0 Å². The van der Waals surface area contributed by atoms with E-state index in [0.717, 1.165) is 0 Å². The second-order valence-corrected chi connectivity index (χ2v) is 5.83. The van der Waals surface area contributed by atoms with Crippen LogP contribution in [0.15, 0.2) is 42.5 Å². The molecule has 0 aliphatic carbocycles. The number of halogens is 1. The largest absolute Gasteiger partial charge is 0.478 e. The highest BCUT2D eigenvalue weighted by Crippen LogP contribution is 2.30. The van der Waals surface area contributed by atoms with Crippen LogP contribution >= 0.6 is 11.6 Å². The molecule has 2 aromatic rings. The molecule has 0 unspecified atom stereocenters. The Morgan fingerprint density at radius 1 is 1.05 bits per heavy atom. The Bertz CT molecular complexity index is 823. The summed E-state index contributed by atoms with van der Waals surface area (Å²) in [6.07, 6.45) is 0. The van der Waals surface area contributed by atoms with E-state index in [2.05, 4.69) is 5.32 Å². The third-order valence-corrected chi connectivity index (χ3v) is 3.36. The highest BCUT2D eigenvalue weighted by atomic mass is 35.5. The first-order valence-corrected chi connectivity index (χ1v) is 7.72. The zero-order valence-corrected chi connectivity index (χ0v) is 12.5. The predicted molar refractivity (Wildman–Crippen MR) is 83.3 cm³/mol. The average molecular weight is 343 g/mol. The van der Waals surface area contributed by atoms with Crippen LogP contribution in [-0.4, -0.2) is 24.0 Å². The number of hydrogen-bond donors (Lipinski definition) is 4. The SMILES string of the molecule is O=C(O)c1ccccc1Nc1ccc(Cl)cc1NS(=O)(=O)O. The molecule has 0 spiro atoms. The molecule has 2 rings (SSSR count). The van der Waals surface area contributed by atoms with Gasteiger partial charge in [-0.1, -0.05) is 23.7 Å². The Labute approximate surface area is 131 Å². The van der Waals surface area contributed by atoms with Crippen LogP contribution in [0, 0.1) is 0 Å². The highest BCUT2D eigenvalue weighted by molar-refractivity contribution is 7.87. The molecule has 9 heteroatoms. The summed E-state index contributed by atoms with van der Waals surface area (Å²) in [5, 5.41) is 12.2. The lowest BCUT2D eigenvalue weighted by atomic mass is 10.1. The van der Waals surface area contributed by atoms with Gasteiger partial charge in [0, 0.05) is 5.02 Å². The van der Waals surface area contributed by atoms with Crippen LogP contribution in [0.25, 0.3) is 0 Å².